The highest BCUT2D eigenvalue weighted by atomic mass is 16.3. The lowest BCUT2D eigenvalue weighted by molar-refractivity contribution is -0.136. The smallest absolute Gasteiger partial charge is 0.313 e. The third kappa shape index (κ3) is 4.38. The molecule has 2 amide bonds. The number of aryl methyl sites for hydroxylation is 2. The molecule has 0 fully saturated rings. The van der Waals surface area contributed by atoms with E-state index in [9.17, 15) is 14.7 Å². The van der Waals surface area contributed by atoms with Gasteiger partial charge < -0.3 is 15.7 Å². The third-order valence-electron chi connectivity index (χ3n) is 4.81. The molecule has 0 saturated heterocycles. The van der Waals surface area contributed by atoms with Crippen molar-refractivity contribution in [1.29, 1.82) is 0 Å². The molecule has 0 aromatic heterocycles. The van der Waals surface area contributed by atoms with Crippen molar-refractivity contribution >= 4 is 28.3 Å². The number of hydrogen-bond donors (Lipinski definition) is 3. The zero-order valence-electron chi connectivity index (χ0n) is 16.0. The third-order valence-corrected chi connectivity index (χ3v) is 4.81. The summed E-state index contributed by atoms with van der Waals surface area (Å²) in [5.74, 6) is -1.43. The van der Waals surface area contributed by atoms with E-state index in [4.69, 9.17) is 0 Å². The molecule has 5 nitrogen and oxygen atoms in total. The van der Waals surface area contributed by atoms with E-state index in [2.05, 4.69) is 10.6 Å². The minimum absolute atomic E-state index is 0.198. The Bertz CT molecular complexity index is 988. The standard InChI is InChI=1S/C23H24N2O3/c1-15-7-5-8-16(2)21(15)25-23(28)22(27)24-14-13-20(26)19-12-6-10-17-9-3-4-11-18(17)19/h3-12,20,26H,13-14H2,1-2H3,(H,24,27)(H,25,28). The van der Waals surface area contributed by atoms with Crippen LogP contribution in [0.1, 0.15) is 29.2 Å². The lowest BCUT2D eigenvalue weighted by atomic mass is 9.99. The molecule has 144 valence electrons. The number of anilines is 1. The lowest BCUT2D eigenvalue weighted by Crippen LogP contribution is -2.36. The Morgan fingerprint density at radius 3 is 2.29 bits per heavy atom. The Balaban J connectivity index is 1.57. The van der Waals surface area contributed by atoms with Crippen molar-refractivity contribution in [3.05, 3.63) is 77.4 Å². The van der Waals surface area contributed by atoms with Gasteiger partial charge in [0.05, 0.1) is 6.10 Å². The molecule has 0 spiro atoms. The van der Waals surface area contributed by atoms with Gasteiger partial charge >= 0.3 is 11.8 Å². The normalized spacial score (nSPS) is 11.8. The maximum Gasteiger partial charge on any atom is 0.313 e. The minimum atomic E-state index is -0.729. The predicted octanol–water partition coefficient (Wildman–Crippen LogP) is 3.64. The summed E-state index contributed by atoms with van der Waals surface area (Å²) in [6.45, 7) is 3.95. The first-order valence-electron chi connectivity index (χ1n) is 9.28. The van der Waals surface area contributed by atoms with E-state index in [0.29, 0.717) is 12.1 Å². The molecule has 28 heavy (non-hydrogen) atoms. The number of hydrogen-bond acceptors (Lipinski definition) is 3. The van der Waals surface area contributed by atoms with Crippen molar-refractivity contribution in [2.45, 2.75) is 26.4 Å². The van der Waals surface area contributed by atoms with Gasteiger partial charge in [-0.05, 0) is 47.7 Å². The van der Waals surface area contributed by atoms with Gasteiger partial charge in [-0.15, -0.1) is 0 Å². The van der Waals surface area contributed by atoms with Gasteiger partial charge in [-0.25, -0.2) is 0 Å². The lowest BCUT2D eigenvalue weighted by Gasteiger charge is -2.15. The second-order valence-corrected chi connectivity index (χ2v) is 6.85. The molecule has 0 aliphatic carbocycles. The van der Waals surface area contributed by atoms with Gasteiger partial charge in [0.25, 0.3) is 0 Å². The van der Waals surface area contributed by atoms with Crippen molar-refractivity contribution in [1.82, 2.24) is 5.32 Å². The van der Waals surface area contributed by atoms with Crippen molar-refractivity contribution < 1.29 is 14.7 Å². The van der Waals surface area contributed by atoms with Crippen LogP contribution in [0.5, 0.6) is 0 Å². The van der Waals surface area contributed by atoms with E-state index >= 15 is 0 Å². The number of aliphatic hydroxyl groups is 1. The molecule has 0 radical (unpaired) electrons. The van der Waals surface area contributed by atoms with Gasteiger partial charge in [0.2, 0.25) is 0 Å². The van der Waals surface area contributed by atoms with Gasteiger partial charge in [0.1, 0.15) is 0 Å². The molecule has 0 saturated carbocycles. The molecule has 0 heterocycles. The molecule has 3 aromatic rings. The SMILES string of the molecule is Cc1cccc(C)c1NC(=O)C(=O)NCCC(O)c1cccc2ccccc12. The molecule has 0 aliphatic heterocycles. The van der Waals surface area contributed by atoms with Crippen molar-refractivity contribution in [2.75, 3.05) is 11.9 Å². The van der Waals surface area contributed by atoms with Crippen LogP contribution in [0.2, 0.25) is 0 Å². The minimum Gasteiger partial charge on any atom is -0.388 e. The average molecular weight is 376 g/mol. The highest BCUT2D eigenvalue weighted by molar-refractivity contribution is 6.39. The van der Waals surface area contributed by atoms with E-state index in [1.165, 1.54) is 0 Å². The first-order chi connectivity index (χ1) is 13.5. The van der Waals surface area contributed by atoms with Crippen LogP contribution in [0.15, 0.2) is 60.7 Å². The zero-order valence-corrected chi connectivity index (χ0v) is 16.0. The number of nitrogens with one attached hydrogen (secondary N) is 2. The van der Waals surface area contributed by atoms with Gasteiger partial charge in [-0.1, -0.05) is 60.7 Å². The summed E-state index contributed by atoms with van der Waals surface area (Å²) in [7, 11) is 0. The van der Waals surface area contributed by atoms with E-state index in [1.807, 2.05) is 74.5 Å². The van der Waals surface area contributed by atoms with Gasteiger partial charge in [0, 0.05) is 12.2 Å². The fourth-order valence-corrected chi connectivity index (χ4v) is 3.28. The maximum atomic E-state index is 12.2. The van der Waals surface area contributed by atoms with Crippen LogP contribution in [0, 0.1) is 13.8 Å². The van der Waals surface area contributed by atoms with Crippen LogP contribution >= 0.6 is 0 Å². The Morgan fingerprint density at radius 2 is 1.54 bits per heavy atom. The Labute approximate surface area is 164 Å². The van der Waals surface area contributed by atoms with Gasteiger partial charge in [-0.2, -0.15) is 0 Å². The molecule has 1 atom stereocenters. The number of para-hydroxylation sites is 1. The predicted molar refractivity (Wildman–Crippen MR) is 111 cm³/mol. The van der Waals surface area contributed by atoms with Crippen molar-refractivity contribution in [3.63, 3.8) is 0 Å². The van der Waals surface area contributed by atoms with Crippen molar-refractivity contribution in [3.8, 4) is 0 Å². The fourth-order valence-electron chi connectivity index (χ4n) is 3.28. The summed E-state index contributed by atoms with van der Waals surface area (Å²) in [6, 6.07) is 19.3. The van der Waals surface area contributed by atoms with Crippen LogP contribution < -0.4 is 10.6 Å². The number of carbonyl (C=O) groups excluding carboxylic acids is 2. The van der Waals surface area contributed by atoms with Crippen LogP contribution in [0.3, 0.4) is 0 Å². The molecular formula is C23H24N2O3. The number of aliphatic hydroxyl groups excluding tert-OH is 1. The highest BCUT2D eigenvalue weighted by Gasteiger charge is 2.17. The van der Waals surface area contributed by atoms with Crippen LogP contribution in [0.25, 0.3) is 10.8 Å². The summed E-state index contributed by atoms with van der Waals surface area (Å²) in [5.41, 5.74) is 3.26. The summed E-state index contributed by atoms with van der Waals surface area (Å²) < 4.78 is 0. The molecule has 1 unspecified atom stereocenters. The van der Waals surface area contributed by atoms with E-state index < -0.39 is 17.9 Å². The van der Waals surface area contributed by atoms with Crippen molar-refractivity contribution in [2.24, 2.45) is 0 Å². The number of rotatable bonds is 5. The summed E-state index contributed by atoms with van der Waals surface area (Å²) in [5, 5.41) is 17.8. The summed E-state index contributed by atoms with van der Waals surface area (Å²) >= 11 is 0. The number of fused-ring (bicyclic) bond motifs is 1. The first kappa shape index (κ1) is 19.6. The Morgan fingerprint density at radius 1 is 0.893 bits per heavy atom. The van der Waals surface area contributed by atoms with E-state index in [-0.39, 0.29) is 6.54 Å². The molecule has 0 aliphatic rings. The topological polar surface area (TPSA) is 78.4 Å². The highest BCUT2D eigenvalue weighted by Crippen LogP contribution is 2.25. The second-order valence-electron chi connectivity index (χ2n) is 6.85. The quantitative estimate of drug-likeness (QED) is 0.595. The van der Waals surface area contributed by atoms with Gasteiger partial charge in [0.15, 0.2) is 0 Å². The van der Waals surface area contributed by atoms with Crippen LogP contribution in [0.4, 0.5) is 5.69 Å². The Kier molecular flexibility index (Phi) is 6.06. The molecule has 3 rings (SSSR count). The average Bonchev–Trinajstić information content (AvgIpc) is 2.70. The number of amides is 2. The molecule has 3 N–H and O–H groups in total. The molecule has 5 heteroatoms. The maximum absolute atomic E-state index is 12.2. The number of carbonyl (C=O) groups is 2. The first-order valence-corrected chi connectivity index (χ1v) is 9.28. The van der Waals surface area contributed by atoms with Crippen LogP contribution in [-0.2, 0) is 9.59 Å². The van der Waals surface area contributed by atoms with E-state index in [1.54, 1.807) is 0 Å². The monoisotopic (exact) mass is 376 g/mol. The molecule has 3 aromatic carbocycles. The Hall–Kier alpha value is -3.18. The van der Waals surface area contributed by atoms with Crippen LogP contribution in [-0.4, -0.2) is 23.5 Å². The molecular weight excluding hydrogens is 352 g/mol. The largest absolute Gasteiger partial charge is 0.388 e. The van der Waals surface area contributed by atoms with E-state index in [0.717, 1.165) is 27.5 Å². The summed E-state index contributed by atoms with van der Waals surface area (Å²) in [4.78, 5) is 24.2. The zero-order chi connectivity index (χ0) is 20.1. The van der Waals surface area contributed by atoms with Gasteiger partial charge in [-0.3, -0.25) is 9.59 Å². The fraction of sp³-hybridized carbons (Fsp3) is 0.217. The number of benzene rings is 3. The summed E-state index contributed by atoms with van der Waals surface area (Å²) in [6.07, 6.45) is -0.413. The second kappa shape index (κ2) is 8.67. The molecule has 0 bridgehead atoms.